The molecule has 2 aromatic rings. The zero-order valence-corrected chi connectivity index (χ0v) is 9.48. The molecular formula is C9H8BrN3O2. The standard InChI is InChI=1S/C9H8BrN3O2/c1-14-9-5(3-2-4-12-9)7-6(10)8(11)13-15-7/h2-4H,1H3,(H2,11,13). The van der Waals surface area contributed by atoms with Gasteiger partial charge in [0.15, 0.2) is 11.6 Å². The van der Waals surface area contributed by atoms with Crippen molar-refractivity contribution in [3.8, 4) is 17.2 Å². The SMILES string of the molecule is COc1ncccc1-c1onc(N)c1Br. The molecule has 0 spiro atoms. The first-order chi connectivity index (χ1) is 7.24. The number of aromatic nitrogens is 2. The highest BCUT2D eigenvalue weighted by Gasteiger charge is 2.17. The van der Waals surface area contributed by atoms with Gasteiger partial charge in [-0.25, -0.2) is 4.98 Å². The first kappa shape index (κ1) is 9.97. The molecule has 0 aliphatic rings. The second-order valence-electron chi connectivity index (χ2n) is 2.77. The molecule has 0 aromatic carbocycles. The number of hydrogen-bond donors (Lipinski definition) is 1. The Balaban J connectivity index is 2.58. The van der Waals surface area contributed by atoms with Crippen LogP contribution in [-0.4, -0.2) is 17.3 Å². The van der Waals surface area contributed by atoms with Crippen molar-refractivity contribution < 1.29 is 9.26 Å². The second-order valence-corrected chi connectivity index (χ2v) is 3.56. The molecule has 0 unspecified atom stereocenters. The van der Waals surface area contributed by atoms with Crippen molar-refractivity contribution in [2.75, 3.05) is 12.8 Å². The van der Waals surface area contributed by atoms with Crippen LogP contribution in [0.2, 0.25) is 0 Å². The van der Waals surface area contributed by atoms with Gasteiger partial charge < -0.3 is 15.0 Å². The molecule has 0 atom stereocenters. The van der Waals surface area contributed by atoms with E-state index in [-0.39, 0.29) is 0 Å². The zero-order chi connectivity index (χ0) is 10.8. The van der Waals surface area contributed by atoms with Gasteiger partial charge in [-0.05, 0) is 28.1 Å². The van der Waals surface area contributed by atoms with Crippen molar-refractivity contribution in [2.24, 2.45) is 0 Å². The summed E-state index contributed by atoms with van der Waals surface area (Å²) in [6.45, 7) is 0. The van der Waals surface area contributed by atoms with Crippen molar-refractivity contribution in [3.05, 3.63) is 22.8 Å². The Morgan fingerprint density at radius 2 is 2.33 bits per heavy atom. The number of anilines is 1. The molecule has 78 valence electrons. The number of methoxy groups -OCH3 is 1. The Labute approximate surface area is 94.4 Å². The van der Waals surface area contributed by atoms with Crippen LogP contribution in [0.25, 0.3) is 11.3 Å². The van der Waals surface area contributed by atoms with Gasteiger partial charge in [-0.3, -0.25) is 0 Å². The molecule has 5 nitrogen and oxygen atoms in total. The average molecular weight is 270 g/mol. The smallest absolute Gasteiger partial charge is 0.224 e. The summed E-state index contributed by atoms with van der Waals surface area (Å²) < 4.78 is 10.8. The second kappa shape index (κ2) is 3.90. The van der Waals surface area contributed by atoms with Crippen LogP contribution >= 0.6 is 15.9 Å². The summed E-state index contributed by atoms with van der Waals surface area (Å²) in [6.07, 6.45) is 1.63. The lowest BCUT2D eigenvalue weighted by Gasteiger charge is -2.03. The Morgan fingerprint density at radius 1 is 1.53 bits per heavy atom. The highest BCUT2D eigenvalue weighted by atomic mass is 79.9. The topological polar surface area (TPSA) is 74.2 Å². The van der Waals surface area contributed by atoms with Crippen LogP contribution in [0.15, 0.2) is 27.3 Å². The molecule has 0 saturated carbocycles. The van der Waals surface area contributed by atoms with Crippen LogP contribution in [0.3, 0.4) is 0 Å². The van der Waals surface area contributed by atoms with E-state index in [2.05, 4.69) is 26.1 Å². The lowest BCUT2D eigenvalue weighted by atomic mass is 10.2. The third-order valence-electron chi connectivity index (χ3n) is 1.87. The lowest BCUT2D eigenvalue weighted by Crippen LogP contribution is -1.90. The minimum Gasteiger partial charge on any atom is -0.480 e. The van der Waals surface area contributed by atoms with E-state index in [0.29, 0.717) is 27.5 Å². The van der Waals surface area contributed by atoms with Crippen LogP contribution in [-0.2, 0) is 0 Å². The van der Waals surface area contributed by atoms with Gasteiger partial charge in [0.05, 0.1) is 12.7 Å². The molecular weight excluding hydrogens is 262 g/mol. The fraction of sp³-hybridized carbons (Fsp3) is 0.111. The fourth-order valence-corrected chi connectivity index (χ4v) is 1.54. The van der Waals surface area contributed by atoms with E-state index in [1.807, 2.05) is 6.07 Å². The third-order valence-corrected chi connectivity index (χ3v) is 2.64. The van der Waals surface area contributed by atoms with Crippen molar-refractivity contribution in [2.45, 2.75) is 0 Å². The van der Waals surface area contributed by atoms with E-state index in [1.54, 1.807) is 19.4 Å². The lowest BCUT2D eigenvalue weighted by molar-refractivity contribution is 0.392. The Kier molecular flexibility index (Phi) is 2.59. The van der Waals surface area contributed by atoms with Crippen molar-refractivity contribution in [3.63, 3.8) is 0 Å². The summed E-state index contributed by atoms with van der Waals surface area (Å²) >= 11 is 3.29. The van der Waals surface area contributed by atoms with Gasteiger partial charge in [0, 0.05) is 6.20 Å². The average Bonchev–Trinajstić information content (AvgIpc) is 2.60. The molecule has 0 amide bonds. The number of nitrogens with zero attached hydrogens (tertiary/aromatic N) is 2. The molecule has 0 saturated heterocycles. The minimum absolute atomic E-state index is 0.302. The molecule has 15 heavy (non-hydrogen) atoms. The number of halogens is 1. The summed E-state index contributed by atoms with van der Waals surface area (Å²) in [4.78, 5) is 4.05. The fourth-order valence-electron chi connectivity index (χ4n) is 1.18. The van der Waals surface area contributed by atoms with E-state index in [9.17, 15) is 0 Å². The first-order valence-corrected chi connectivity index (χ1v) is 4.93. The van der Waals surface area contributed by atoms with Gasteiger partial charge in [0.2, 0.25) is 5.88 Å². The normalized spacial score (nSPS) is 10.3. The predicted molar refractivity (Wildman–Crippen MR) is 58.4 cm³/mol. The summed E-state index contributed by atoms with van der Waals surface area (Å²) in [5.41, 5.74) is 6.26. The van der Waals surface area contributed by atoms with Gasteiger partial charge in [-0.2, -0.15) is 0 Å². The van der Waals surface area contributed by atoms with E-state index in [4.69, 9.17) is 15.0 Å². The van der Waals surface area contributed by atoms with Crippen LogP contribution in [0.1, 0.15) is 0 Å². The maximum Gasteiger partial charge on any atom is 0.224 e. The van der Waals surface area contributed by atoms with E-state index in [0.717, 1.165) is 0 Å². The Bertz CT molecular complexity index is 484. The van der Waals surface area contributed by atoms with Crippen LogP contribution in [0.5, 0.6) is 5.88 Å². The molecule has 0 radical (unpaired) electrons. The summed E-state index contributed by atoms with van der Waals surface area (Å²) in [6, 6.07) is 3.60. The highest BCUT2D eigenvalue weighted by molar-refractivity contribution is 9.10. The monoisotopic (exact) mass is 269 g/mol. The summed E-state index contributed by atoms with van der Waals surface area (Å²) in [5, 5.41) is 3.64. The number of rotatable bonds is 2. The largest absolute Gasteiger partial charge is 0.480 e. The van der Waals surface area contributed by atoms with Gasteiger partial charge in [-0.15, -0.1) is 0 Å². The molecule has 2 aromatic heterocycles. The highest BCUT2D eigenvalue weighted by Crippen LogP contribution is 2.36. The number of ether oxygens (including phenoxy) is 1. The molecule has 2 rings (SSSR count). The van der Waals surface area contributed by atoms with Crippen LogP contribution < -0.4 is 10.5 Å². The quantitative estimate of drug-likeness (QED) is 0.904. The number of nitrogens with two attached hydrogens (primary N) is 1. The van der Waals surface area contributed by atoms with E-state index >= 15 is 0 Å². The van der Waals surface area contributed by atoms with Gasteiger partial charge in [0.25, 0.3) is 0 Å². The zero-order valence-electron chi connectivity index (χ0n) is 7.90. The maximum absolute atomic E-state index is 5.56. The molecule has 2 N–H and O–H groups in total. The molecule has 0 fully saturated rings. The number of nitrogen functional groups attached to an aromatic ring is 1. The van der Waals surface area contributed by atoms with Crippen LogP contribution in [0.4, 0.5) is 5.82 Å². The predicted octanol–water partition coefficient (Wildman–Crippen LogP) is 2.09. The van der Waals surface area contributed by atoms with Crippen molar-refractivity contribution in [1.29, 1.82) is 0 Å². The van der Waals surface area contributed by atoms with Gasteiger partial charge in [0.1, 0.15) is 4.47 Å². The summed E-state index contributed by atoms with van der Waals surface area (Å²) in [5.74, 6) is 1.28. The minimum atomic E-state index is 0.302. The Morgan fingerprint density at radius 3 is 2.93 bits per heavy atom. The molecule has 0 bridgehead atoms. The van der Waals surface area contributed by atoms with Crippen LogP contribution in [0, 0.1) is 0 Å². The number of hydrogen-bond acceptors (Lipinski definition) is 5. The molecule has 0 aliphatic carbocycles. The van der Waals surface area contributed by atoms with E-state index < -0.39 is 0 Å². The van der Waals surface area contributed by atoms with E-state index in [1.165, 1.54) is 0 Å². The van der Waals surface area contributed by atoms with Gasteiger partial charge >= 0.3 is 0 Å². The first-order valence-electron chi connectivity index (χ1n) is 4.14. The maximum atomic E-state index is 5.56. The molecule has 2 heterocycles. The third kappa shape index (κ3) is 1.68. The molecule has 0 aliphatic heterocycles. The summed E-state index contributed by atoms with van der Waals surface area (Å²) in [7, 11) is 1.54. The molecule has 6 heteroatoms. The number of pyridine rings is 1. The Hall–Kier alpha value is -1.56. The van der Waals surface area contributed by atoms with Crippen molar-refractivity contribution in [1.82, 2.24) is 10.1 Å². The van der Waals surface area contributed by atoms with Crippen molar-refractivity contribution >= 4 is 21.7 Å². The van der Waals surface area contributed by atoms with Gasteiger partial charge in [-0.1, -0.05) is 5.16 Å².